The summed E-state index contributed by atoms with van der Waals surface area (Å²) in [5.41, 5.74) is 14.3. The monoisotopic (exact) mass is 323 g/mol. The maximum atomic E-state index is 5.92. The van der Waals surface area contributed by atoms with Gasteiger partial charge in [-0.25, -0.2) is 4.98 Å². The van der Waals surface area contributed by atoms with Gasteiger partial charge in [-0.15, -0.1) is 0 Å². The summed E-state index contributed by atoms with van der Waals surface area (Å²) in [6.07, 6.45) is 0. The molecule has 0 atom stereocenters. The van der Waals surface area contributed by atoms with E-state index in [1.54, 1.807) is 0 Å². The Balaban J connectivity index is 1.54. The summed E-state index contributed by atoms with van der Waals surface area (Å²) in [5.74, 6) is 2.13. The van der Waals surface area contributed by atoms with Gasteiger partial charge in [0.1, 0.15) is 19.0 Å². The highest BCUT2D eigenvalue weighted by atomic mass is 16.6. The SMILES string of the molecule is Nc1nc(N)c2cc(NCc3ccc4c(c3)OCCO4)ccc2n1. The van der Waals surface area contributed by atoms with Crippen LogP contribution in [0.1, 0.15) is 5.56 Å². The first kappa shape index (κ1) is 14.4. The van der Waals surface area contributed by atoms with E-state index in [9.17, 15) is 0 Å². The van der Waals surface area contributed by atoms with Crippen molar-refractivity contribution in [1.82, 2.24) is 9.97 Å². The highest BCUT2D eigenvalue weighted by Gasteiger charge is 2.11. The Morgan fingerprint density at radius 2 is 1.79 bits per heavy atom. The van der Waals surface area contributed by atoms with E-state index in [1.807, 2.05) is 36.4 Å². The standard InChI is InChI=1S/C17H17N5O2/c18-16-12-8-11(2-3-13(12)21-17(19)22-16)20-9-10-1-4-14-15(7-10)24-6-5-23-14/h1-4,7-8,20H,5-6,9H2,(H4,18,19,21,22). The zero-order valence-electron chi connectivity index (χ0n) is 13.0. The molecule has 7 heteroatoms. The molecule has 122 valence electrons. The normalized spacial score (nSPS) is 13.0. The summed E-state index contributed by atoms with van der Waals surface area (Å²) in [6, 6.07) is 11.7. The van der Waals surface area contributed by atoms with E-state index < -0.39 is 0 Å². The third-order valence-corrected chi connectivity index (χ3v) is 3.85. The molecule has 0 unspecified atom stereocenters. The van der Waals surface area contributed by atoms with Gasteiger partial charge in [0, 0.05) is 17.6 Å². The molecule has 0 aliphatic carbocycles. The van der Waals surface area contributed by atoms with Crippen molar-refractivity contribution >= 4 is 28.4 Å². The minimum absolute atomic E-state index is 0.178. The van der Waals surface area contributed by atoms with Crippen molar-refractivity contribution in [3.8, 4) is 11.5 Å². The lowest BCUT2D eigenvalue weighted by Crippen LogP contribution is -2.15. The molecule has 2 aromatic carbocycles. The van der Waals surface area contributed by atoms with E-state index in [0.29, 0.717) is 25.6 Å². The molecule has 3 aromatic rings. The number of aromatic nitrogens is 2. The summed E-state index contributed by atoms with van der Waals surface area (Å²) < 4.78 is 11.1. The molecule has 0 radical (unpaired) electrons. The van der Waals surface area contributed by atoms with E-state index >= 15 is 0 Å². The topological polar surface area (TPSA) is 108 Å². The van der Waals surface area contributed by atoms with Crippen molar-refractivity contribution in [1.29, 1.82) is 0 Å². The predicted molar refractivity (Wildman–Crippen MR) is 93.1 cm³/mol. The van der Waals surface area contributed by atoms with Crippen LogP contribution >= 0.6 is 0 Å². The van der Waals surface area contributed by atoms with Crippen LogP contribution in [0, 0.1) is 0 Å². The number of nitrogens with two attached hydrogens (primary N) is 2. The highest BCUT2D eigenvalue weighted by molar-refractivity contribution is 5.91. The smallest absolute Gasteiger partial charge is 0.222 e. The van der Waals surface area contributed by atoms with Gasteiger partial charge in [-0.3, -0.25) is 0 Å². The molecule has 1 aromatic heterocycles. The lowest BCUT2D eigenvalue weighted by molar-refractivity contribution is 0.171. The second-order valence-corrected chi connectivity index (χ2v) is 5.53. The molecule has 2 heterocycles. The quantitative estimate of drug-likeness (QED) is 0.678. The molecule has 1 aliphatic heterocycles. The molecule has 0 saturated carbocycles. The van der Waals surface area contributed by atoms with Crippen molar-refractivity contribution in [3.63, 3.8) is 0 Å². The first-order chi connectivity index (χ1) is 11.7. The van der Waals surface area contributed by atoms with Gasteiger partial charge < -0.3 is 26.3 Å². The fraction of sp³-hybridized carbons (Fsp3) is 0.176. The second kappa shape index (κ2) is 5.77. The van der Waals surface area contributed by atoms with Crippen LogP contribution in [0.3, 0.4) is 0 Å². The number of nitrogens with zero attached hydrogens (tertiary/aromatic N) is 2. The van der Waals surface area contributed by atoms with Crippen molar-refractivity contribution in [3.05, 3.63) is 42.0 Å². The van der Waals surface area contributed by atoms with Gasteiger partial charge in [0.15, 0.2) is 11.5 Å². The number of benzene rings is 2. The Morgan fingerprint density at radius 3 is 2.67 bits per heavy atom. The fourth-order valence-corrected chi connectivity index (χ4v) is 2.68. The summed E-state index contributed by atoms with van der Waals surface area (Å²) in [4.78, 5) is 8.17. The number of hydrogen-bond donors (Lipinski definition) is 3. The molecule has 0 spiro atoms. The van der Waals surface area contributed by atoms with Gasteiger partial charge in [-0.1, -0.05) is 6.07 Å². The van der Waals surface area contributed by atoms with Crippen LogP contribution in [0.5, 0.6) is 11.5 Å². The van der Waals surface area contributed by atoms with Gasteiger partial charge in [0.2, 0.25) is 5.95 Å². The third kappa shape index (κ3) is 2.71. The maximum absolute atomic E-state index is 5.92. The first-order valence-corrected chi connectivity index (χ1v) is 7.64. The van der Waals surface area contributed by atoms with Crippen molar-refractivity contribution < 1.29 is 9.47 Å². The van der Waals surface area contributed by atoms with Crippen molar-refractivity contribution in [2.45, 2.75) is 6.54 Å². The molecule has 0 fully saturated rings. The molecular weight excluding hydrogens is 306 g/mol. The van der Waals surface area contributed by atoms with E-state index in [2.05, 4.69) is 15.3 Å². The number of anilines is 3. The van der Waals surface area contributed by atoms with E-state index in [4.69, 9.17) is 20.9 Å². The van der Waals surface area contributed by atoms with Crippen LogP contribution in [-0.4, -0.2) is 23.2 Å². The second-order valence-electron chi connectivity index (χ2n) is 5.53. The van der Waals surface area contributed by atoms with Crippen LogP contribution in [0.4, 0.5) is 17.5 Å². The first-order valence-electron chi connectivity index (χ1n) is 7.64. The fourth-order valence-electron chi connectivity index (χ4n) is 2.68. The summed E-state index contributed by atoms with van der Waals surface area (Å²) in [5, 5.41) is 4.14. The molecule has 5 N–H and O–H groups in total. The van der Waals surface area contributed by atoms with Gasteiger partial charge in [-0.2, -0.15) is 4.98 Å². The number of rotatable bonds is 3. The molecular formula is C17H17N5O2. The third-order valence-electron chi connectivity index (χ3n) is 3.85. The Hall–Kier alpha value is -3.22. The van der Waals surface area contributed by atoms with E-state index in [1.165, 1.54) is 0 Å². The van der Waals surface area contributed by atoms with E-state index in [-0.39, 0.29) is 5.95 Å². The summed E-state index contributed by atoms with van der Waals surface area (Å²) in [7, 11) is 0. The average molecular weight is 323 g/mol. The lowest BCUT2D eigenvalue weighted by Gasteiger charge is -2.19. The van der Waals surface area contributed by atoms with Crippen LogP contribution in [0.15, 0.2) is 36.4 Å². The Kier molecular flexibility index (Phi) is 3.45. The lowest BCUT2D eigenvalue weighted by atomic mass is 10.1. The Bertz CT molecular complexity index is 913. The molecule has 0 amide bonds. The number of nitrogens with one attached hydrogen (secondary N) is 1. The van der Waals surface area contributed by atoms with Gasteiger partial charge in [0.05, 0.1) is 5.52 Å². The van der Waals surface area contributed by atoms with Crippen LogP contribution in [-0.2, 0) is 6.54 Å². The molecule has 4 rings (SSSR count). The minimum atomic E-state index is 0.178. The van der Waals surface area contributed by atoms with Gasteiger partial charge in [0.25, 0.3) is 0 Å². The molecule has 7 nitrogen and oxygen atoms in total. The predicted octanol–water partition coefficient (Wildman–Crippen LogP) is 2.18. The maximum Gasteiger partial charge on any atom is 0.222 e. The molecule has 24 heavy (non-hydrogen) atoms. The molecule has 1 aliphatic rings. The average Bonchev–Trinajstić information content (AvgIpc) is 2.60. The highest BCUT2D eigenvalue weighted by Crippen LogP contribution is 2.31. The van der Waals surface area contributed by atoms with Gasteiger partial charge >= 0.3 is 0 Å². The number of nitrogen functional groups attached to an aromatic ring is 2. The molecule has 0 bridgehead atoms. The van der Waals surface area contributed by atoms with E-state index in [0.717, 1.165) is 33.7 Å². The zero-order valence-corrected chi connectivity index (χ0v) is 13.0. The number of fused-ring (bicyclic) bond motifs is 2. The zero-order chi connectivity index (χ0) is 16.5. The molecule has 0 saturated heterocycles. The van der Waals surface area contributed by atoms with Crippen molar-refractivity contribution in [2.75, 3.05) is 30.0 Å². The summed E-state index contributed by atoms with van der Waals surface area (Å²) in [6.45, 7) is 1.82. The van der Waals surface area contributed by atoms with Gasteiger partial charge in [-0.05, 0) is 35.9 Å². The Labute approximate surface area is 138 Å². The van der Waals surface area contributed by atoms with Crippen LogP contribution < -0.4 is 26.3 Å². The number of hydrogen-bond acceptors (Lipinski definition) is 7. The van der Waals surface area contributed by atoms with Crippen molar-refractivity contribution in [2.24, 2.45) is 0 Å². The Morgan fingerprint density at radius 1 is 0.958 bits per heavy atom. The summed E-state index contributed by atoms with van der Waals surface area (Å²) >= 11 is 0. The minimum Gasteiger partial charge on any atom is -0.486 e. The number of ether oxygens (including phenoxy) is 2. The van der Waals surface area contributed by atoms with Crippen LogP contribution in [0.25, 0.3) is 10.9 Å². The van der Waals surface area contributed by atoms with Crippen LogP contribution in [0.2, 0.25) is 0 Å². The largest absolute Gasteiger partial charge is 0.486 e.